The highest BCUT2D eigenvalue weighted by molar-refractivity contribution is 7.99. The lowest BCUT2D eigenvalue weighted by Gasteiger charge is -2.28. The molecule has 110 valence electrons. The van der Waals surface area contributed by atoms with Gasteiger partial charge in [-0.2, -0.15) is 22.0 Å². The summed E-state index contributed by atoms with van der Waals surface area (Å²) >= 11 is 2.06. The number of hydrogen-bond donors (Lipinski definition) is 0. The Bertz CT molecular complexity index is 420. The zero-order valence-corrected chi connectivity index (χ0v) is 12.9. The third-order valence-corrected chi connectivity index (χ3v) is 4.99. The maximum atomic E-state index is 6.18. The van der Waals surface area contributed by atoms with E-state index in [1.807, 2.05) is 13.0 Å². The molecule has 5 heteroatoms. The molecule has 0 aliphatic carbocycles. The number of aryl methyl sites for hydroxylation is 1. The van der Waals surface area contributed by atoms with Gasteiger partial charge in [-0.05, 0) is 31.9 Å². The van der Waals surface area contributed by atoms with Crippen molar-refractivity contribution >= 4 is 11.8 Å². The van der Waals surface area contributed by atoms with E-state index < -0.39 is 0 Å². The van der Waals surface area contributed by atoms with Gasteiger partial charge in [0.15, 0.2) is 0 Å². The molecule has 2 aliphatic heterocycles. The van der Waals surface area contributed by atoms with Gasteiger partial charge in [0.05, 0.1) is 23.6 Å². The van der Waals surface area contributed by atoms with Crippen molar-refractivity contribution in [3.05, 3.63) is 23.5 Å². The molecule has 0 N–H and O–H groups in total. The van der Waals surface area contributed by atoms with E-state index in [1.54, 1.807) is 0 Å². The van der Waals surface area contributed by atoms with Crippen LogP contribution in [0.3, 0.4) is 0 Å². The molecule has 0 unspecified atom stereocenters. The van der Waals surface area contributed by atoms with Crippen molar-refractivity contribution in [3.8, 4) is 0 Å². The third kappa shape index (κ3) is 3.93. The van der Waals surface area contributed by atoms with E-state index in [4.69, 9.17) is 4.74 Å². The number of rotatable bonds is 4. The van der Waals surface area contributed by atoms with E-state index in [1.165, 1.54) is 31.0 Å². The SMILES string of the molecule is Cc1ccc(C[C@@H]2CC[C@H](CN3CCSCC3)O2)nn1. The Morgan fingerprint density at radius 1 is 1.20 bits per heavy atom. The summed E-state index contributed by atoms with van der Waals surface area (Å²) in [5.41, 5.74) is 2.03. The van der Waals surface area contributed by atoms with Crippen LogP contribution in [0.5, 0.6) is 0 Å². The highest BCUT2D eigenvalue weighted by atomic mass is 32.2. The van der Waals surface area contributed by atoms with Gasteiger partial charge in [-0.15, -0.1) is 0 Å². The van der Waals surface area contributed by atoms with Gasteiger partial charge in [-0.3, -0.25) is 4.90 Å². The molecule has 20 heavy (non-hydrogen) atoms. The Labute approximate surface area is 125 Å². The van der Waals surface area contributed by atoms with Crippen molar-refractivity contribution < 1.29 is 4.74 Å². The van der Waals surface area contributed by atoms with Crippen LogP contribution in [-0.4, -0.2) is 58.4 Å². The first-order valence-corrected chi connectivity index (χ1v) is 8.70. The third-order valence-electron chi connectivity index (χ3n) is 4.05. The number of ether oxygens (including phenoxy) is 1. The monoisotopic (exact) mass is 293 g/mol. The van der Waals surface area contributed by atoms with Gasteiger partial charge in [0.1, 0.15) is 0 Å². The topological polar surface area (TPSA) is 38.2 Å². The fourth-order valence-corrected chi connectivity index (χ4v) is 3.88. The van der Waals surface area contributed by atoms with Gasteiger partial charge < -0.3 is 4.74 Å². The van der Waals surface area contributed by atoms with Gasteiger partial charge in [0, 0.05) is 37.6 Å². The van der Waals surface area contributed by atoms with Crippen LogP contribution in [0.2, 0.25) is 0 Å². The van der Waals surface area contributed by atoms with Gasteiger partial charge in [0.25, 0.3) is 0 Å². The molecule has 1 aromatic heterocycles. The van der Waals surface area contributed by atoms with E-state index in [9.17, 15) is 0 Å². The molecule has 0 aromatic carbocycles. The van der Waals surface area contributed by atoms with Gasteiger partial charge >= 0.3 is 0 Å². The Morgan fingerprint density at radius 2 is 2.00 bits per heavy atom. The van der Waals surface area contributed by atoms with Crippen LogP contribution < -0.4 is 0 Å². The zero-order valence-electron chi connectivity index (χ0n) is 12.1. The molecule has 0 bridgehead atoms. The lowest BCUT2D eigenvalue weighted by Crippen LogP contribution is -2.38. The normalized spacial score (nSPS) is 27.9. The highest BCUT2D eigenvalue weighted by Gasteiger charge is 2.27. The van der Waals surface area contributed by atoms with Gasteiger partial charge in [-0.1, -0.05) is 0 Å². The molecule has 4 nitrogen and oxygen atoms in total. The smallest absolute Gasteiger partial charge is 0.0706 e. The molecule has 3 rings (SSSR count). The first-order valence-electron chi connectivity index (χ1n) is 7.54. The molecule has 2 fully saturated rings. The summed E-state index contributed by atoms with van der Waals surface area (Å²) in [7, 11) is 0. The predicted octanol–water partition coefficient (Wildman–Crippen LogP) is 1.92. The second-order valence-corrected chi connectivity index (χ2v) is 6.97. The van der Waals surface area contributed by atoms with Crippen molar-refractivity contribution in [2.24, 2.45) is 0 Å². The Morgan fingerprint density at radius 3 is 2.75 bits per heavy atom. The fourth-order valence-electron chi connectivity index (χ4n) is 2.90. The molecule has 3 heterocycles. The lowest BCUT2D eigenvalue weighted by atomic mass is 10.1. The van der Waals surface area contributed by atoms with Gasteiger partial charge in [0.2, 0.25) is 0 Å². The summed E-state index contributed by atoms with van der Waals surface area (Å²) in [5.74, 6) is 2.55. The highest BCUT2D eigenvalue weighted by Crippen LogP contribution is 2.23. The summed E-state index contributed by atoms with van der Waals surface area (Å²) in [6, 6.07) is 4.10. The maximum Gasteiger partial charge on any atom is 0.0706 e. The van der Waals surface area contributed by atoms with Crippen molar-refractivity contribution in [2.75, 3.05) is 31.1 Å². The van der Waals surface area contributed by atoms with E-state index in [0.29, 0.717) is 12.2 Å². The molecule has 1 aromatic rings. The molecule has 0 saturated carbocycles. The molecule has 2 aliphatic rings. The quantitative estimate of drug-likeness (QED) is 0.848. The molecule has 2 atom stereocenters. The second kappa shape index (κ2) is 6.87. The predicted molar refractivity (Wildman–Crippen MR) is 82.1 cm³/mol. The molecule has 0 radical (unpaired) electrons. The average molecular weight is 293 g/mol. The summed E-state index contributed by atoms with van der Waals surface area (Å²) in [4.78, 5) is 2.55. The Hall–Kier alpha value is -0.650. The van der Waals surface area contributed by atoms with Crippen LogP contribution in [0.15, 0.2) is 12.1 Å². The largest absolute Gasteiger partial charge is 0.373 e. The van der Waals surface area contributed by atoms with Crippen molar-refractivity contribution in [3.63, 3.8) is 0 Å². The van der Waals surface area contributed by atoms with Crippen LogP contribution in [0.25, 0.3) is 0 Å². The molecule has 2 saturated heterocycles. The van der Waals surface area contributed by atoms with E-state index in [2.05, 4.69) is 32.9 Å². The number of nitrogens with zero attached hydrogens (tertiary/aromatic N) is 3. The molecular formula is C15H23N3OS. The summed E-state index contributed by atoms with van der Waals surface area (Å²) < 4.78 is 6.18. The van der Waals surface area contributed by atoms with Crippen LogP contribution in [0.1, 0.15) is 24.2 Å². The summed E-state index contributed by atoms with van der Waals surface area (Å²) in [6.45, 7) is 5.52. The summed E-state index contributed by atoms with van der Waals surface area (Å²) in [5, 5.41) is 8.36. The van der Waals surface area contributed by atoms with E-state index in [-0.39, 0.29) is 0 Å². The minimum Gasteiger partial charge on any atom is -0.373 e. The zero-order chi connectivity index (χ0) is 13.8. The molecule has 0 spiro atoms. The average Bonchev–Trinajstić information content (AvgIpc) is 2.90. The molecule has 0 amide bonds. The van der Waals surface area contributed by atoms with Crippen molar-refractivity contribution in [2.45, 2.75) is 38.4 Å². The van der Waals surface area contributed by atoms with E-state index in [0.717, 1.165) is 30.8 Å². The van der Waals surface area contributed by atoms with Crippen LogP contribution >= 0.6 is 11.8 Å². The fraction of sp³-hybridized carbons (Fsp3) is 0.733. The lowest BCUT2D eigenvalue weighted by molar-refractivity contribution is 0.0246. The Kier molecular flexibility index (Phi) is 4.91. The number of thioether (sulfide) groups is 1. The minimum absolute atomic E-state index is 0.330. The Balaban J connectivity index is 1.45. The minimum atomic E-state index is 0.330. The maximum absolute atomic E-state index is 6.18. The standard InChI is InChI=1S/C15H23N3OS/c1-12-2-3-13(17-16-12)10-14-4-5-15(19-14)11-18-6-8-20-9-7-18/h2-3,14-15H,4-11H2,1H3/t14-,15+/m0/s1. The number of hydrogen-bond acceptors (Lipinski definition) is 5. The first kappa shape index (κ1) is 14.3. The van der Waals surface area contributed by atoms with Crippen LogP contribution in [-0.2, 0) is 11.2 Å². The van der Waals surface area contributed by atoms with Gasteiger partial charge in [-0.25, -0.2) is 0 Å². The number of aromatic nitrogens is 2. The van der Waals surface area contributed by atoms with Crippen molar-refractivity contribution in [1.29, 1.82) is 0 Å². The van der Waals surface area contributed by atoms with Crippen LogP contribution in [0, 0.1) is 6.92 Å². The second-order valence-electron chi connectivity index (χ2n) is 5.74. The molecular weight excluding hydrogens is 270 g/mol. The van der Waals surface area contributed by atoms with E-state index >= 15 is 0 Å². The summed E-state index contributed by atoms with van der Waals surface area (Å²) in [6.07, 6.45) is 3.99. The first-order chi connectivity index (χ1) is 9.79. The van der Waals surface area contributed by atoms with Crippen LogP contribution in [0.4, 0.5) is 0 Å². The van der Waals surface area contributed by atoms with Crippen molar-refractivity contribution in [1.82, 2.24) is 15.1 Å².